The predicted molar refractivity (Wildman–Crippen MR) is 129 cm³/mol. The second kappa shape index (κ2) is 7.43. The van der Waals surface area contributed by atoms with E-state index in [0.29, 0.717) is 32.4 Å². The molecule has 3 heterocycles. The molecular weight excluding hydrogens is 460 g/mol. The van der Waals surface area contributed by atoms with Crippen molar-refractivity contribution in [1.82, 2.24) is 4.98 Å². The first-order valence-electron chi connectivity index (χ1n) is 10.1. The Kier molecular flexibility index (Phi) is 4.50. The molecule has 6 rings (SSSR count). The van der Waals surface area contributed by atoms with E-state index < -0.39 is 11.9 Å². The normalized spacial score (nSPS) is 15.4. The van der Waals surface area contributed by atoms with Crippen LogP contribution in [0.15, 0.2) is 75.9 Å². The number of ether oxygens (including phenoxy) is 1. The molecule has 33 heavy (non-hydrogen) atoms. The number of carbonyl (C=O) groups excluding carboxylic acids is 1. The molecule has 0 spiro atoms. The van der Waals surface area contributed by atoms with Crippen molar-refractivity contribution in [1.29, 1.82) is 0 Å². The second-order valence-corrected chi connectivity index (χ2v) is 9.08. The van der Waals surface area contributed by atoms with Crippen LogP contribution >= 0.6 is 22.9 Å². The number of aromatic nitrogens is 1. The third-order valence-electron chi connectivity index (χ3n) is 5.75. The molecule has 162 valence electrons. The van der Waals surface area contributed by atoms with Crippen LogP contribution in [0.25, 0.3) is 21.2 Å². The van der Waals surface area contributed by atoms with Crippen LogP contribution in [0.5, 0.6) is 5.75 Å². The van der Waals surface area contributed by atoms with Crippen LogP contribution in [-0.2, 0) is 0 Å². The van der Waals surface area contributed by atoms with Gasteiger partial charge in [0.15, 0.2) is 10.6 Å². The summed E-state index contributed by atoms with van der Waals surface area (Å²) in [5, 5.41) is 1.46. The van der Waals surface area contributed by atoms with E-state index in [1.165, 1.54) is 16.2 Å². The monoisotopic (exact) mass is 474 g/mol. The molecule has 5 aromatic rings. The minimum absolute atomic E-state index is 0.0375. The summed E-state index contributed by atoms with van der Waals surface area (Å²) in [5.41, 5.74) is 1.92. The van der Waals surface area contributed by atoms with Crippen LogP contribution in [0.4, 0.5) is 5.13 Å². The number of para-hydroxylation sites is 1. The van der Waals surface area contributed by atoms with Crippen LogP contribution in [0.1, 0.15) is 27.7 Å². The molecule has 3 aromatic carbocycles. The van der Waals surface area contributed by atoms with Crippen LogP contribution in [0.3, 0.4) is 0 Å². The number of anilines is 1. The Morgan fingerprint density at radius 2 is 1.85 bits per heavy atom. The van der Waals surface area contributed by atoms with Gasteiger partial charge in [-0.25, -0.2) is 4.98 Å². The standard InChI is InChI=1S/C25H15ClN2O4S/c1-31-15-10-11-17-19(12-15)33-25(27-17)28-21(13-6-8-14(26)9-7-13)20-22(29)16-4-2-3-5-18(16)32-23(20)24(28)30/h2-12,21H,1H3/t21-/m0/s1. The van der Waals surface area contributed by atoms with Crippen molar-refractivity contribution >= 4 is 55.2 Å². The third-order valence-corrected chi connectivity index (χ3v) is 7.02. The molecule has 0 aliphatic carbocycles. The van der Waals surface area contributed by atoms with Gasteiger partial charge in [-0.2, -0.15) is 0 Å². The van der Waals surface area contributed by atoms with Gasteiger partial charge in [0.1, 0.15) is 11.3 Å². The zero-order chi connectivity index (χ0) is 22.7. The Morgan fingerprint density at radius 1 is 1.06 bits per heavy atom. The highest BCUT2D eigenvalue weighted by molar-refractivity contribution is 7.22. The topological polar surface area (TPSA) is 72.6 Å². The summed E-state index contributed by atoms with van der Waals surface area (Å²) >= 11 is 7.46. The number of halogens is 1. The van der Waals surface area contributed by atoms with E-state index in [9.17, 15) is 9.59 Å². The molecule has 0 saturated carbocycles. The first kappa shape index (κ1) is 20.0. The van der Waals surface area contributed by atoms with Gasteiger partial charge in [-0.1, -0.05) is 47.2 Å². The van der Waals surface area contributed by atoms with Gasteiger partial charge in [0.2, 0.25) is 5.76 Å². The highest BCUT2D eigenvalue weighted by Gasteiger charge is 2.45. The van der Waals surface area contributed by atoms with Crippen molar-refractivity contribution in [2.75, 3.05) is 12.0 Å². The Bertz CT molecular complexity index is 1620. The molecule has 6 nitrogen and oxygen atoms in total. The van der Waals surface area contributed by atoms with Crippen molar-refractivity contribution in [2.24, 2.45) is 0 Å². The summed E-state index contributed by atoms with van der Waals surface area (Å²) in [6, 6.07) is 18.9. The average Bonchev–Trinajstić information content (AvgIpc) is 3.38. The van der Waals surface area contributed by atoms with Crippen molar-refractivity contribution in [3.63, 3.8) is 0 Å². The van der Waals surface area contributed by atoms with E-state index in [4.69, 9.17) is 25.7 Å². The van der Waals surface area contributed by atoms with Crippen LogP contribution < -0.4 is 15.1 Å². The molecular formula is C25H15ClN2O4S. The average molecular weight is 475 g/mol. The maximum atomic E-state index is 13.7. The van der Waals surface area contributed by atoms with Gasteiger partial charge >= 0.3 is 0 Å². The van der Waals surface area contributed by atoms with Crippen LogP contribution in [0.2, 0.25) is 5.02 Å². The Morgan fingerprint density at radius 3 is 2.64 bits per heavy atom. The number of rotatable bonds is 3. The number of methoxy groups -OCH3 is 1. The van der Waals surface area contributed by atoms with E-state index in [1.54, 1.807) is 43.5 Å². The number of thiazole rings is 1. The van der Waals surface area contributed by atoms with Gasteiger partial charge in [0.25, 0.3) is 5.91 Å². The van der Waals surface area contributed by atoms with E-state index in [0.717, 1.165) is 15.8 Å². The Balaban J connectivity index is 1.62. The largest absolute Gasteiger partial charge is 0.497 e. The van der Waals surface area contributed by atoms with Crippen molar-refractivity contribution < 1.29 is 13.9 Å². The fraction of sp³-hybridized carbons (Fsp3) is 0.0800. The molecule has 0 fully saturated rings. The summed E-state index contributed by atoms with van der Waals surface area (Å²) in [5.74, 6) is 0.334. The lowest BCUT2D eigenvalue weighted by atomic mass is 9.99. The lowest BCUT2D eigenvalue weighted by Gasteiger charge is -2.22. The van der Waals surface area contributed by atoms with Gasteiger partial charge in [0, 0.05) is 5.02 Å². The van der Waals surface area contributed by atoms with Gasteiger partial charge in [0.05, 0.1) is 34.3 Å². The molecule has 0 saturated heterocycles. The van der Waals surface area contributed by atoms with E-state index in [1.807, 2.05) is 30.3 Å². The number of fused-ring (bicyclic) bond motifs is 3. The summed E-state index contributed by atoms with van der Waals surface area (Å²) in [6.07, 6.45) is 0. The number of hydrogen-bond donors (Lipinski definition) is 0. The number of carbonyl (C=O) groups is 1. The predicted octanol–water partition coefficient (Wildman–Crippen LogP) is 5.81. The zero-order valence-corrected chi connectivity index (χ0v) is 18.8. The van der Waals surface area contributed by atoms with Gasteiger partial charge in [-0.05, 0) is 48.0 Å². The van der Waals surface area contributed by atoms with Crippen LogP contribution in [-0.4, -0.2) is 18.0 Å². The molecule has 8 heteroatoms. The highest BCUT2D eigenvalue weighted by Crippen LogP contribution is 2.44. The summed E-state index contributed by atoms with van der Waals surface area (Å²) < 4.78 is 12.2. The van der Waals surface area contributed by atoms with E-state index in [-0.39, 0.29) is 11.2 Å². The zero-order valence-electron chi connectivity index (χ0n) is 17.2. The highest BCUT2D eigenvalue weighted by atomic mass is 35.5. The molecule has 0 radical (unpaired) electrons. The number of nitrogens with zero attached hydrogens (tertiary/aromatic N) is 2. The minimum atomic E-state index is -0.687. The van der Waals surface area contributed by atoms with Gasteiger partial charge in [-0.3, -0.25) is 14.5 Å². The molecule has 1 aliphatic rings. The fourth-order valence-corrected chi connectivity index (χ4v) is 5.35. The van der Waals surface area contributed by atoms with Crippen molar-refractivity contribution in [3.8, 4) is 5.75 Å². The molecule has 1 atom stereocenters. The number of hydrogen-bond acceptors (Lipinski definition) is 6. The second-order valence-electron chi connectivity index (χ2n) is 7.63. The molecule has 0 unspecified atom stereocenters. The SMILES string of the molecule is COc1ccc2nc(N3C(=O)c4oc5ccccc5c(=O)c4[C@@H]3c3ccc(Cl)cc3)sc2c1. The molecule has 1 aliphatic heterocycles. The minimum Gasteiger partial charge on any atom is -0.497 e. The van der Waals surface area contributed by atoms with Crippen LogP contribution in [0, 0.1) is 0 Å². The maximum Gasteiger partial charge on any atom is 0.297 e. The third kappa shape index (κ3) is 3.04. The van der Waals surface area contributed by atoms with Crippen molar-refractivity contribution in [2.45, 2.75) is 6.04 Å². The molecule has 1 amide bonds. The number of benzene rings is 3. The fourth-order valence-electron chi connectivity index (χ4n) is 4.20. The molecule has 0 N–H and O–H groups in total. The Labute approximate surface area is 196 Å². The van der Waals surface area contributed by atoms with E-state index >= 15 is 0 Å². The van der Waals surface area contributed by atoms with Gasteiger partial charge in [-0.15, -0.1) is 0 Å². The lowest BCUT2D eigenvalue weighted by Crippen LogP contribution is -2.29. The lowest BCUT2D eigenvalue weighted by molar-refractivity contribution is 0.0971. The molecule has 0 bridgehead atoms. The first-order chi connectivity index (χ1) is 16.0. The quantitative estimate of drug-likeness (QED) is 0.329. The summed E-state index contributed by atoms with van der Waals surface area (Å²) in [7, 11) is 1.60. The van der Waals surface area contributed by atoms with Crippen molar-refractivity contribution in [3.05, 3.63) is 98.9 Å². The first-order valence-corrected chi connectivity index (χ1v) is 11.3. The van der Waals surface area contributed by atoms with E-state index in [2.05, 4.69) is 0 Å². The maximum absolute atomic E-state index is 13.7. The smallest absolute Gasteiger partial charge is 0.297 e. The number of amides is 1. The van der Waals surface area contributed by atoms with Gasteiger partial charge < -0.3 is 9.15 Å². The molecule has 2 aromatic heterocycles. The summed E-state index contributed by atoms with van der Waals surface area (Å²) in [6.45, 7) is 0. The Hall–Kier alpha value is -3.68. The summed E-state index contributed by atoms with van der Waals surface area (Å²) in [4.78, 5) is 33.4.